The fraction of sp³-hybridized carbons (Fsp3) is 0.457. The number of benzene rings is 2. The van der Waals surface area contributed by atoms with Crippen molar-refractivity contribution in [3.8, 4) is 5.69 Å². The predicted molar refractivity (Wildman–Crippen MR) is 168 cm³/mol. The predicted octanol–water partition coefficient (Wildman–Crippen LogP) is 6.13. The molecule has 2 aromatic heterocycles. The third-order valence-corrected chi connectivity index (χ3v) is 12.7. The molecule has 4 aliphatic carbocycles. The molecule has 0 amide bonds. The molecule has 8 rings (SSSR count). The number of aliphatic hydroxyl groups is 2. The molecule has 0 radical (unpaired) electrons. The van der Waals surface area contributed by atoms with E-state index in [0.717, 1.165) is 53.7 Å². The molecule has 0 bridgehead atoms. The van der Waals surface area contributed by atoms with Gasteiger partial charge in [0.05, 0.1) is 40.5 Å². The first kappa shape index (κ1) is 28.2. The monoisotopic (exact) mass is 612 g/mol. The number of aromatic amines is 1. The molecule has 0 aliphatic heterocycles. The number of H-pyrrole nitrogens is 1. The van der Waals surface area contributed by atoms with Gasteiger partial charge in [-0.25, -0.2) is 14.1 Å². The number of carbonyl (C=O) groups excluding carboxylic acids is 1. The van der Waals surface area contributed by atoms with Gasteiger partial charge in [0, 0.05) is 5.41 Å². The number of ketones is 1. The summed E-state index contributed by atoms with van der Waals surface area (Å²) in [5, 5.41) is 29.4. The number of aromatic nitrogens is 4. The molecule has 7 atom stereocenters. The van der Waals surface area contributed by atoms with Crippen molar-refractivity contribution in [2.24, 2.45) is 28.6 Å². The highest BCUT2D eigenvalue weighted by Gasteiger charge is 2.68. The van der Waals surface area contributed by atoms with Gasteiger partial charge in [0.2, 0.25) is 0 Å². The van der Waals surface area contributed by atoms with Crippen LogP contribution in [0.15, 0.2) is 65.5 Å². The van der Waals surface area contributed by atoms with Gasteiger partial charge in [-0.1, -0.05) is 43.3 Å². The van der Waals surface area contributed by atoms with Crippen LogP contribution in [0, 0.1) is 34.4 Å². The lowest BCUT2D eigenvalue weighted by Crippen LogP contribution is -2.62. The summed E-state index contributed by atoms with van der Waals surface area (Å²) >= 11 is 1.34. The van der Waals surface area contributed by atoms with Crippen molar-refractivity contribution < 1.29 is 19.4 Å². The number of allylic oxidation sites excluding steroid dienone is 1. The summed E-state index contributed by atoms with van der Waals surface area (Å²) in [4.78, 5) is 21.7. The van der Waals surface area contributed by atoms with Gasteiger partial charge in [-0.3, -0.25) is 4.79 Å². The van der Waals surface area contributed by atoms with Crippen molar-refractivity contribution in [3.63, 3.8) is 0 Å². The van der Waals surface area contributed by atoms with Gasteiger partial charge in [0.1, 0.15) is 11.4 Å². The van der Waals surface area contributed by atoms with E-state index in [-0.39, 0.29) is 40.5 Å². The first-order chi connectivity index (χ1) is 21.1. The maximum atomic E-state index is 13.8. The number of rotatable bonds is 5. The normalized spacial score (nSPS) is 34.2. The maximum absolute atomic E-state index is 13.8. The molecule has 4 aromatic rings. The molecule has 44 heavy (non-hydrogen) atoms. The lowest BCUT2D eigenvalue weighted by Gasteiger charge is -2.60. The van der Waals surface area contributed by atoms with Crippen LogP contribution in [0.5, 0.6) is 0 Å². The minimum absolute atomic E-state index is 0.0327. The number of Topliss-reactive ketones (excluding diaryl/α,β-unsaturated/α-hetero) is 1. The fourth-order valence-electron chi connectivity index (χ4n) is 9.69. The molecule has 4 aliphatic rings. The Kier molecular flexibility index (Phi) is 6.33. The average Bonchev–Trinajstić information content (AvgIpc) is 3.68. The number of fused-ring (bicyclic) bond motifs is 7. The molecule has 3 fully saturated rings. The van der Waals surface area contributed by atoms with Gasteiger partial charge in [-0.15, -0.1) is 0 Å². The van der Waals surface area contributed by atoms with Crippen molar-refractivity contribution in [1.82, 2.24) is 19.7 Å². The Morgan fingerprint density at radius 1 is 1.16 bits per heavy atom. The van der Waals surface area contributed by atoms with Crippen LogP contribution in [0.1, 0.15) is 57.2 Å². The Bertz CT molecular complexity index is 1780. The van der Waals surface area contributed by atoms with Crippen LogP contribution in [-0.4, -0.2) is 53.2 Å². The Hall–Kier alpha value is -3.27. The molecular formula is C35H37FN4O3S. The van der Waals surface area contributed by atoms with E-state index in [1.807, 2.05) is 42.1 Å². The topological polar surface area (TPSA) is 104 Å². The van der Waals surface area contributed by atoms with Crippen LogP contribution in [0.4, 0.5) is 4.39 Å². The van der Waals surface area contributed by atoms with E-state index in [2.05, 4.69) is 28.1 Å². The second-order valence-corrected chi connectivity index (χ2v) is 14.9. The van der Waals surface area contributed by atoms with Gasteiger partial charge >= 0.3 is 0 Å². The zero-order valence-electron chi connectivity index (χ0n) is 25.0. The number of nitrogens with one attached hydrogen (secondary N) is 1. The van der Waals surface area contributed by atoms with Gasteiger partial charge in [0.15, 0.2) is 10.9 Å². The summed E-state index contributed by atoms with van der Waals surface area (Å²) in [6, 6.07) is 14.2. The summed E-state index contributed by atoms with van der Waals surface area (Å²) in [6.45, 7) is 4.34. The van der Waals surface area contributed by atoms with Crippen LogP contribution in [0.3, 0.4) is 0 Å². The van der Waals surface area contributed by atoms with Gasteiger partial charge < -0.3 is 15.2 Å². The summed E-state index contributed by atoms with van der Waals surface area (Å²) < 4.78 is 15.5. The summed E-state index contributed by atoms with van der Waals surface area (Å²) in [7, 11) is 0. The molecule has 5 unspecified atom stereocenters. The fourth-order valence-corrected chi connectivity index (χ4v) is 10.5. The Balaban J connectivity index is 1.05. The van der Waals surface area contributed by atoms with E-state index in [1.54, 1.807) is 12.1 Å². The Labute approximate surface area is 260 Å². The Morgan fingerprint density at radius 3 is 2.75 bits per heavy atom. The number of hydrogen-bond donors (Lipinski definition) is 3. The number of aliphatic hydroxyl groups excluding tert-OH is 1. The molecular weight excluding hydrogens is 575 g/mol. The number of nitrogens with zero attached hydrogens (tertiary/aromatic N) is 3. The van der Waals surface area contributed by atoms with Gasteiger partial charge in [-0.05, 0) is 110 Å². The molecule has 0 saturated heterocycles. The largest absolute Gasteiger partial charge is 0.393 e. The third kappa shape index (κ3) is 3.98. The number of para-hydroxylation sites is 2. The number of halogens is 1. The van der Waals surface area contributed by atoms with E-state index in [0.29, 0.717) is 18.0 Å². The highest BCUT2D eigenvalue weighted by Crippen LogP contribution is 2.67. The van der Waals surface area contributed by atoms with Crippen LogP contribution < -0.4 is 0 Å². The second kappa shape index (κ2) is 9.86. The second-order valence-electron chi connectivity index (χ2n) is 13.9. The number of imidazole rings is 1. The molecule has 2 aromatic carbocycles. The van der Waals surface area contributed by atoms with Crippen LogP contribution in [0.2, 0.25) is 0 Å². The zero-order chi connectivity index (χ0) is 30.4. The summed E-state index contributed by atoms with van der Waals surface area (Å²) in [5.74, 6) is 0.0887. The SMILES string of the molecule is CC12Cc3cnn(-c4ccc(F)cc4)c3C=C1CCC1C2[C@@H](O)CC2(C)C1CC[C@]2(O)C(=O)CSc1nc2ccccc2[nH]1. The molecule has 3 saturated carbocycles. The first-order valence-corrected chi connectivity index (χ1v) is 16.6. The molecule has 228 valence electrons. The quantitative estimate of drug-likeness (QED) is 0.234. The average molecular weight is 613 g/mol. The molecule has 0 spiro atoms. The van der Waals surface area contributed by atoms with E-state index >= 15 is 0 Å². The lowest BCUT2D eigenvalue weighted by atomic mass is 9.45. The van der Waals surface area contributed by atoms with Crippen LogP contribution in [0.25, 0.3) is 22.8 Å². The maximum Gasteiger partial charge on any atom is 0.175 e. The van der Waals surface area contributed by atoms with E-state index in [9.17, 15) is 19.4 Å². The van der Waals surface area contributed by atoms with E-state index in [4.69, 9.17) is 0 Å². The lowest BCUT2D eigenvalue weighted by molar-refractivity contribution is -0.177. The third-order valence-electron chi connectivity index (χ3n) is 11.8. The van der Waals surface area contributed by atoms with E-state index in [1.165, 1.54) is 29.5 Å². The van der Waals surface area contributed by atoms with Crippen LogP contribution >= 0.6 is 11.8 Å². The number of hydrogen-bond acceptors (Lipinski definition) is 6. The molecule has 7 nitrogen and oxygen atoms in total. The molecule has 2 heterocycles. The summed E-state index contributed by atoms with van der Waals surface area (Å²) in [6.07, 6.45) is 7.73. The van der Waals surface area contributed by atoms with Crippen LogP contribution in [-0.2, 0) is 11.2 Å². The number of thioether (sulfide) groups is 1. The van der Waals surface area contributed by atoms with Crippen molar-refractivity contribution in [1.29, 1.82) is 0 Å². The van der Waals surface area contributed by atoms with Gasteiger partial charge in [0.25, 0.3) is 0 Å². The Morgan fingerprint density at radius 2 is 1.95 bits per heavy atom. The minimum atomic E-state index is -1.48. The smallest absolute Gasteiger partial charge is 0.175 e. The summed E-state index contributed by atoms with van der Waals surface area (Å²) in [5.41, 5.74) is 3.67. The van der Waals surface area contributed by atoms with Gasteiger partial charge in [-0.2, -0.15) is 5.10 Å². The first-order valence-electron chi connectivity index (χ1n) is 15.7. The standard InChI is InChI=1S/C35H37FN4O3S/c1-33-16-20-18-37-40(23-10-8-22(36)9-11-23)28(20)15-21(33)7-12-24-25-13-14-35(43,34(25,2)17-29(41)31(24)33)30(42)19-44-32-38-26-5-3-4-6-27(26)39-32/h3-6,8-11,15,18,24-25,29,31,41,43H,7,12-14,16-17,19H2,1-2H3,(H,38,39)/t24?,25?,29-,31?,33?,34?,35-/m0/s1. The highest BCUT2D eigenvalue weighted by molar-refractivity contribution is 7.99. The van der Waals surface area contributed by atoms with E-state index < -0.39 is 17.1 Å². The van der Waals surface area contributed by atoms with Crippen molar-refractivity contribution in [2.75, 3.05) is 5.75 Å². The molecule has 3 N–H and O–H groups in total. The number of carbonyl (C=O) groups is 1. The van der Waals surface area contributed by atoms with Crippen molar-refractivity contribution in [3.05, 3.63) is 77.4 Å². The molecule has 9 heteroatoms. The van der Waals surface area contributed by atoms with Crippen molar-refractivity contribution >= 4 is 34.7 Å². The minimum Gasteiger partial charge on any atom is -0.393 e. The van der Waals surface area contributed by atoms with Crippen molar-refractivity contribution in [2.45, 2.75) is 69.2 Å². The zero-order valence-corrected chi connectivity index (χ0v) is 25.8. The highest BCUT2D eigenvalue weighted by atomic mass is 32.2.